The number of halogens is 3. The summed E-state index contributed by atoms with van der Waals surface area (Å²) in [4.78, 5) is 4.09. The van der Waals surface area contributed by atoms with Gasteiger partial charge in [0.25, 0.3) is 0 Å². The molecule has 2 heterocycles. The topological polar surface area (TPSA) is 55.9 Å². The minimum Gasteiger partial charge on any atom is -0.380 e. The Morgan fingerprint density at radius 3 is 2.58 bits per heavy atom. The number of aliphatic hydroxyl groups excluding tert-OH is 1. The van der Waals surface area contributed by atoms with E-state index in [-0.39, 0.29) is 17.9 Å². The molecule has 5 nitrogen and oxygen atoms in total. The van der Waals surface area contributed by atoms with Crippen molar-refractivity contribution in [3.8, 4) is 0 Å². The molecule has 0 aliphatic rings. The van der Waals surface area contributed by atoms with Crippen molar-refractivity contribution in [2.45, 2.75) is 18.8 Å². The van der Waals surface area contributed by atoms with Gasteiger partial charge in [0, 0.05) is 25.0 Å². The molecule has 0 radical (unpaired) electrons. The van der Waals surface area contributed by atoms with Crippen LogP contribution in [0.3, 0.4) is 0 Å². The van der Waals surface area contributed by atoms with Crippen LogP contribution < -0.4 is 0 Å². The number of aryl methyl sites for hydroxylation is 1. The second kappa shape index (κ2) is 6.12. The predicted molar refractivity (Wildman–Crippen MR) is 80.0 cm³/mol. The van der Waals surface area contributed by atoms with Gasteiger partial charge in [0.1, 0.15) is 17.6 Å². The van der Waals surface area contributed by atoms with Gasteiger partial charge in [0.2, 0.25) is 0 Å². The monoisotopic (exact) mass is 336 g/mol. The van der Waals surface area contributed by atoms with Gasteiger partial charge in [-0.05, 0) is 5.56 Å². The van der Waals surface area contributed by atoms with E-state index in [1.165, 1.54) is 30.2 Å². The first-order chi connectivity index (χ1) is 11.4. The first-order valence-electron chi connectivity index (χ1n) is 7.20. The molecule has 1 aromatic carbocycles. The number of imidazole rings is 1. The molecule has 0 unspecified atom stereocenters. The Balaban J connectivity index is 1.93. The molecule has 3 rings (SSSR count). The van der Waals surface area contributed by atoms with Gasteiger partial charge in [-0.1, -0.05) is 30.3 Å². The molecule has 3 aromatic rings. The lowest BCUT2D eigenvalue weighted by Crippen LogP contribution is -2.17. The highest BCUT2D eigenvalue weighted by molar-refractivity contribution is 5.25. The third kappa shape index (κ3) is 3.05. The molecule has 0 aliphatic carbocycles. The van der Waals surface area contributed by atoms with Crippen LogP contribution in [0.4, 0.5) is 13.2 Å². The normalized spacial score (nSPS) is 13.2. The summed E-state index contributed by atoms with van der Waals surface area (Å²) in [5.74, 6) is 0.276. The lowest BCUT2D eigenvalue weighted by atomic mass is 10.1. The number of alkyl halides is 3. The molecule has 0 spiro atoms. The Kier molecular flexibility index (Phi) is 4.15. The molecule has 1 atom stereocenters. The first-order valence-corrected chi connectivity index (χ1v) is 7.20. The minimum absolute atomic E-state index is 0.0181. The van der Waals surface area contributed by atoms with E-state index in [0.717, 1.165) is 4.68 Å². The number of nitrogens with zero attached hydrogens (tertiary/aromatic N) is 4. The summed E-state index contributed by atoms with van der Waals surface area (Å²) in [5, 5.41) is 14.1. The van der Waals surface area contributed by atoms with Crippen LogP contribution in [0.5, 0.6) is 0 Å². The molecule has 0 saturated heterocycles. The van der Waals surface area contributed by atoms with Crippen molar-refractivity contribution >= 4 is 0 Å². The maximum absolute atomic E-state index is 13.2. The number of rotatable bonds is 4. The fourth-order valence-corrected chi connectivity index (χ4v) is 2.63. The quantitative estimate of drug-likeness (QED) is 0.797. The number of benzene rings is 1. The molecule has 1 N–H and O–H groups in total. The second-order valence-corrected chi connectivity index (χ2v) is 5.37. The van der Waals surface area contributed by atoms with Crippen LogP contribution in [0.1, 0.15) is 28.7 Å². The van der Waals surface area contributed by atoms with Crippen LogP contribution in [-0.2, 0) is 19.8 Å². The van der Waals surface area contributed by atoms with E-state index >= 15 is 0 Å². The molecule has 24 heavy (non-hydrogen) atoms. The van der Waals surface area contributed by atoms with E-state index in [1.807, 2.05) is 6.07 Å². The van der Waals surface area contributed by atoms with Gasteiger partial charge in [-0.25, -0.2) is 4.98 Å². The largest absolute Gasteiger partial charge is 0.433 e. The standard InChI is InChI=1S/C16H15F3N4O/c1-22-14(16(17,18)19)12(9-21-22)10-23-8-7-20-15(23)13(24)11-5-3-2-4-6-11/h2-9,13,24H,10H2,1H3/t13-/m0/s1. The number of hydrogen-bond donors (Lipinski definition) is 1. The van der Waals surface area contributed by atoms with Crippen molar-refractivity contribution in [3.63, 3.8) is 0 Å². The van der Waals surface area contributed by atoms with Crippen LogP contribution >= 0.6 is 0 Å². The van der Waals surface area contributed by atoms with E-state index < -0.39 is 18.0 Å². The molecule has 0 bridgehead atoms. The summed E-state index contributed by atoms with van der Waals surface area (Å²) in [6, 6.07) is 8.82. The summed E-state index contributed by atoms with van der Waals surface area (Å²) in [7, 11) is 1.25. The smallest absolute Gasteiger partial charge is 0.380 e. The highest BCUT2D eigenvalue weighted by Gasteiger charge is 2.37. The molecule has 2 aromatic heterocycles. The summed E-state index contributed by atoms with van der Waals surface area (Å²) in [6.45, 7) is -0.0814. The third-order valence-corrected chi connectivity index (χ3v) is 3.73. The maximum Gasteiger partial charge on any atom is 0.433 e. The Morgan fingerprint density at radius 1 is 1.21 bits per heavy atom. The number of aromatic nitrogens is 4. The van der Waals surface area contributed by atoms with Crippen molar-refractivity contribution in [2.75, 3.05) is 0 Å². The lowest BCUT2D eigenvalue weighted by molar-refractivity contribution is -0.144. The summed E-state index contributed by atoms with van der Waals surface area (Å²) in [5.41, 5.74) is -0.173. The molecule has 8 heteroatoms. The van der Waals surface area contributed by atoms with Crippen LogP contribution in [0, 0.1) is 0 Å². The number of hydrogen-bond acceptors (Lipinski definition) is 3. The molecular weight excluding hydrogens is 321 g/mol. The van der Waals surface area contributed by atoms with Crippen molar-refractivity contribution in [2.24, 2.45) is 7.05 Å². The molecular formula is C16H15F3N4O. The third-order valence-electron chi connectivity index (χ3n) is 3.73. The van der Waals surface area contributed by atoms with Crippen molar-refractivity contribution in [1.29, 1.82) is 0 Å². The second-order valence-electron chi connectivity index (χ2n) is 5.37. The molecule has 0 saturated carbocycles. The SMILES string of the molecule is Cn1ncc(Cn2ccnc2[C@@H](O)c2ccccc2)c1C(F)(F)F. The van der Waals surface area contributed by atoms with Gasteiger partial charge < -0.3 is 9.67 Å². The molecule has 0 aliphatic heterocycles. The molecule has 0 fully saturated rings. The minimum atomic E-state index is -4.50. The predicted octanol–water partition coefficient (Wildman–Crippen LogP) is 2.77. The Labute approximate surface area is 136 Å². The van der Waals surface area contributed by atoms with Crippen LogP contribution in [0.2, 0.25) is 0 Å². The molecule has 0 amide bonds. The van der Waals surface area contributed by atoms with Crippen LogP contribution in [0.25, 0.3) is 0 Å². The van der Waals surface area contributed by atoms with E-state index in [9.17, 15) is 18.3 Å². The van der Waals surface area contributed by atoms with Gasteiger partial charge in [-0.2, -0.15) is 18.3 Å². The summed E-state index contributed by atoms with van der Waals surface area (Å²) >= 11 is 0. The zero-order valence-electron chi connectivity index (χ0n) is 12.8. The van der Waals surface area contributed by atoms with Gasteiger partial charge in [-0.3, -0.25) is 4.68 Å². The lowest BCUT2D eigenvalue weighted by Gasteiger charge is -2.15. The van der Waals surface area contributed by atoms with E-state index in [4.69, 9.17) is 0 Å². The Hall–Kier alpha value is -2.61. The summed E-state index contributed by atoms with van der Waals surface area (Å²) in [6.07, 6.45) is -1.35. The van der Waals surface area contributed by atoms with E-state index in [1.54, 1.807) is 24.3 Å². The van der Waals surface area contributed by atoms with E-state index in [0.29, 0.717) is 5.56 Å². The van der Waals surface area contributed by atoms with Gasteiger partial charge in [0.15, 0.2) is 0 Å². The Morgan fingerprint density at radius 2 is 1.92 bits per heavy atom. The fourth-order valence-electron chi connectivity index (χ4n) is 2.63. The highest BCUT2D eigenvalue weighted by Crippen LogP contribution is 2.32. The van der Waals surface area contributed by atoms with Crippen molar-refractivity contribution < 1.29 is 18.3 Å². The van der Waals surface area contributed by atoms with Crippen LogP contribution in [-0.4, -0.2) is 24.4 Å². The maximum atomic E-state index is 13.2. The van der Waals surface area contributed by atoms with Gasteiger partial charge >= 0.3 is 6.18 Å². The van der Waals surface area contributed by atoms with Crippen molar-refractivity contribution in [1.82, 2.24) is 19.3 Å². The average Bonchev–Trinajstić information content (AvgIpc) is 3.14. The number of aliphatic hydroxyl groups is 1. The van der Waals surface area contributed by atoms with Gasteiger partial charge in [0.05, 0.1) is 12.7 Å². The zero-order chi connectivity index (χ0) is 17.3. The average molecular weight is 336 g/mol. The van der Waals surface area contributed by atoms with Crippen LogP contribution in [0.15, 0.2) is 48.9 Å². The zero-order valence-corrected chi connectivity index (χ0v) is 12.8. The Bertz CT molecular complexity index is 823. The first kappa shape index (κ1) is 16.3. The van der Waals surface area contributed by atoms with Crippen molar-refractivity contribution in [3.05, 3.63) is 71.6 Å². The summed E-state index contributed by atoms with van der Waals surface area (Å²) < 4.78 is 41.8. The fraction of sp³-hybridized carbons (Fsp3) is 0.250. The molecule has 126 valence electrons. The highest BCUT2D eigenvalue weighted by atomic mass is 19.4. The van der Waals surface area contributed by atoms with E-state index in [2.05, 4.69) is 10.1 Å². The van der Waals surface area contributed by atoms with Gasteiger partial charge in [-0.15, -0.1) is 0 Å².